The summed E-state index contributed by atoms with van der Waals surface area (Å²) >= 11 is 5.53. The van der Waals surface area contributed by atoms with Gasteiger partial charge in [-0.3, -0.25) is 9.59 Å². The van der Waals surface area contributed by atoms with Crippen LogP contribution in [0.1, 0.15) is 16.1 Å². The normalized spacial score (nSPS) is 11.2. The molecule has 0 atom stereocenters. The fourth-order valence-electron chi connectivity index (χ4n) is 1.51. The van der Waals surface area contributed by atoms with E-state index in [0.29, 0.717) is 6.07 Å². The summed E-state index contributed by atoms with van der Waals surface area (Å²) in [5.74, 6) is -0.890. The molecule has 110 valence electrons. The third kappa shape index (κ3) is 3.60. The van der Waals surface area contributed by atoms with Gasteiger partial charge in [0.15, 0.2) is 0 Å². The second-order valence-electron chi connectivity index (χ2n) is 3.94. The number of halogens is 4. The molecule has 1 amide bonds. The highest BCUT2D eigenvalue weighted by Gasteiger charge is 2.34. The molecule has 0 saturated heterocycles. The average Bonchev–Trinajstić information content (AvgIpc) is 2.40. The third-order valence-corrected chi connectivity index (χ3v) is 2.67. The van der Waals surface area contributed by atoms with Gasteiger partial charge in [0.05, 0.1) is 17.4 Å². The summed E-state index contributed by atoms with van der Waals surface area (Å²) in [7, 11) is 0. The lowest BCUT2D eigenvalue weighted by Gasteiger charge is -2.13. The zero-order valence-electron chi connectivity index (χ0n) is 10.2. The molecule has 5 nitrogen and oxygen atoms in total. The zero-order valence-corrected chi connectivity index (χ0v) is 10.9. The van der Waals surface area contributed by atoms with Crippen molar-refractivity contribution in [2.75, 3.05) is 5.32 Å². The van der Waals surface area contributed by atoms with Gasteiger partial charge in [0.2, 0.25) is 0 Å². The maximum Gasteiger partial charge on any atom is 0.418 e. The SMILES string of the molecule is O=C(Nc1ccc(Cl)cc1C(F)(F)F)c1c[nH]c(=O)cn1. The monoisotopic (exact) mass is 317 g/mol. The van der Waals surface area contributed by atoms with Gasteiger partial charge in [0, 0.05) is 11.2 Å². The lowest BCUT2D eigenvalue weighted by Crippen LogP contribution is -2.19. The fraction of sp³-hybridized carbons (Fsp3) is 0.0833. The maximum absolute atomic E-state index is 12.9. The number of anilines is 1. The third-order valence-electron chi connectivity index (χ3n) is 2.44. The van der Waals surface area contributed by atoms with Crippen LogP contribution in [0.3, 0.4) is 0 Å². The molecule has 9 heteroatoms. The Morgan fingerprint density at radius 2 is 2.05 bits per heavy atom. The van der Waals surface area contributed by atoms with Crippen molar-refractivity contribution in [3.8, 4) is 0 Å². The Morgan fingerprint density at radius 1 is 1.33 bits per heavy atom. The minimum absolute atomic E-state index is 0.109. The predicted octanol–water partition coefficient (Wildman–Crippen LogP) is 2.69. The largest absolute Gasteiger partial charge is 0.418 e. The minimum atomic E-state index is -4.67. The van der Waals surface area contributed by atoms with E-state index in [1.54, 1.807) is 0 Å². The average molecular weight is 318 g/mol. The number of aromatic amines is 1. The number of carbonyl (C=O) groups excluding carboxylic acids is 1. The van der Waals surface area contributed by atoms with Crippen LogP contribution in [-0.4, -0.2) is 15.9 Å². The summed E-state index contributed by atoms with van der Waals surface area (Å²) in [5.41, 5.74) is -2.29. The van der Waals surface area contributed by atoms with Crippen LogP contribution >= 0.6 is 11.6 Å². The molecular weight excluding hydrogens is 311 g/mol. The molecule has 0 unspecified atom stereocenters. The van der Waals surface area contributed by atoms with E-state index in [1.165, 1.54) is 6.07 Å². The number of rotatable bonds is 2. The molecule has 0 spiro atoms. The summed E-state index contributed by atoms with van der Waals surface area (Å²) in [6.07, 6.45) is -2.83. The number of aromatic nitrogens is 2. The first kappa shape index (κ1) is 15.0. The van der Waals surface area contributed by atoms with Crippen LogP contribution in [0.15, 0.2) is 35.4 Å². The van der Waals surface area contributed by atoms with Crippen LogP contribution in [-0.2, 0) is 6.18 Å². The van der Waals surface area contributed by atoms with E-state index in [9.17, 15) is 22.8 Å². The molecule has 2 rings (SSSR count). The van der Waals surface area contributed by atoms with Crippen molar-refractivity contribution in [1.82, 2.24) is 9.97 Å². The molecule has 1 aromatic carbocycles. The first-order valence-corrected chi connectivity index (χ1v) is 5.88. The Labute approximate surface area is 120 Å². The molecule has 0 saturated carbocycles. The summed E-state index contributed by atoms with van der Waals surface area (Å²) in [4.78, 5) is 28.3. The molecule has 2 N–H and O–H groups in total. The van der Waals surface area contributed by atoms with E-state index in [1.807, 2.05) is 0 Å². The van der Waals surface area contributed by atoms with E-state index in [0.717, 1.165) is 18.5 Å². The molecule has 0 aliphatic carbocycles. The summed E-state index contributed by atoms with van der Waals surface area (Å²) < 4.78 is 38.6. The molecule has 1 heterocycles. The first-order chi connectivity index (χ1) is 9.77. The number of amides is 1. The first-order valence-electron chi connectivity index (χ1n) is 5.50. The topological polar surface area (TPSA) is 74.8 Å². The van der Waals surface area contributed by atoms with Gasteiger partial charge in [0.25, 0.3) is 11.5 Å². The molecule has 2 aromatic rings. The Balaban J connectivity index is 2.33. The minimum Gasteiger partial charge on any atom is -0.325 e. The molecule has 0 bridgehead atoms. The van der Waals surface area contributed by atoms with Gasteiger partial charge < -0.3 is 10.3 Å². The lowest BCUT2D eigenvalue weighted by atomic mass is 10.1. The van der Waals surface area contributed by atoms with Crippen LogP contribution in [0.5, 0.6) is 0 Å². The van der Waals surface area contributed by atoms with Gasteiger partial charge in [-0.05, 0) is 18.2 Å². The Hall–Kier alpha value is -2.35. The zero-order chi connectivity index (χ0) is 15.6. The number of carbonyl (C=O) groups is 1. The quantitative estimate of drug-likeness (QED) is 0.894. The smallest absolute Gasteiger partial charge is 0.325 e. The number of hydrogen-bond donors (Lipinski definition) is 2. The molecular formula is C12H7ClF3N3O2. The highest BCUT2D eigenvalue weighted by molar-refractivity contribution is 6.30. The summed E-state index contributed by atoms with van der Waals surface area (Å²) in [6, 6.07) is 2.96. The molecule has 1 aromatic heterocycles. The number of H-pyrrole nitrogens is 1. The van der Waals surface area contributed by atoms with E-state index >= 15 is 0 Å². The maximum atomic E-state index is 12.9. The number of nitrogens with one attached hydrogen (secondary N) is 2. The number of alkyl halides is 3. The van der Waals surface area contributed by atoms with Gasteiger partial charge in [-0.2, -0.15) is 13.2 Å². The van der Waals surface area contributed by atoms with Crippen molar-refractivity contribution in [2.45, 2.75) is 6.18 Å². The predicted molar refractivity (Wildman–Crippen MR) is 69.3 cm³/mol. The second-order valence-corrected chi connectivity index (χ2v) is 4.37. The standard InChI is InChI=1S/C12H7ClF3N3O2/c13-6-1-2-8(7(3-6)12(14,15)16)19-11(21)9-4-18-10(20)5-17-9/h1-5H,(H,18,20)(H,19,21). The highest BCUT2D eigenvalue weighted by atomic mass is 35.5. The molecule has 0 radical (unpaired) electrons. The van der Waals surface area contributed by atoms with Gasteiger partial charge >= 0.3 is 6.18 Å². The second kappa shape index (κ2) is 5.57. The highest BCUT2D eigenvalue weighted by Crippen LogP contribution is 2.36. The van der Waals surface area contributed by atoms with E-state index in [4.69, 9.17) is 11.6 Å². The number of nitrogens with zero attached hydrogens (tertiary/aromatic N) is 1. The lowest BCUT2D eigenvalue weighted by molar-refractivity contribution is -0.136. The van der Waals surface area contributed by atoms with Crippen molar-refractivity contribution in [1.29, 1.82) is 0 Å². The number of benzene rings is 1. The summed E-state index contributed by atoms with van der Waals surface area (Å²) in [5, 5.41) is 1.97. The molecule has 0 aliphatic heterocycles. The molecule has 21 heavy (non-hydrogen) atoms. The van der Waals surface area contributed by atoms with E-state index in [2.05, 4.69) is 15.3 Å². The van der Waals surface area contributed by atoms with Crippen molar-refractivity contribution in [3.63, 3.8) is 0 Å². The summed E-state index contributed by atoms with van der Waals surface area (Å²) in [6.45, 7) is 0. The Bertz CT molecular complexity index is 723. The van der Waals surface area contributed by atoms with Crippen molar-refractivity contribution >= 4 is 23.2 Å². The van der Waals surface area contributed by atoms with Crippen LogP contribution < -0.4 is 10.9 Å². The van der Waals surface area contributed by atoms with Crippen LogP contribution in [0.2, 0.25) is 5.02 Å². The van der Waals surface area contributed by atoms with E-state index in [-0.39, 0.29) is 10.7 Å². The fourth-order valence-corrected chi connectivity index (χ4v) is 1.68. The van der Waals surface area contributed by atoms with Crippen molar-refractivity contribution in [3.05, 3.63) is 57.2 Å². The van der Waals surface area contributed by atoms with Crippen molar-refractivity contribution < 1.29 is 18.0 Å². The number of hydrogen-bond acceptors (Lipinski definition) is 3. The van der Waals surface area contributed by atoms with Gasteiger partial charge in [-0.1, -0.05) is 11.6 Å². The van der Waals surface area contributed by atoms with Gasteiger partial charge in [-0.25, -0.2) is 4.98 Å². The van der Waals surface area contributed by atoms with Gasteiger partial charge in [0.1, 0.15) is 5.69 Å². The van der Waals surface area contributed by atoms with E-state index < -0.39 is 28.9 Å². The molecule has 0 aliphatic rings. The molecule has 0 fully saturated rings. The van der Waals surface area contributed by atoms with Crippen LogP contribution in [0.25, 0.3) is 0 Å². The van der Waals surface area contributed by atoms with Crippen LogP contribution in [0, 0.1) is 0 Å². The Kier molecular flexibility index (Phi) is 3.99. The van der Waals surface area contributed by atoms with Gasteiger partial charge in [-0.15, -0.1) is 0 Å². The Morgan fingerprint density at radius 3 is 2.62 bits per heavy atom. The van der Waals surface area contributed by atoms with Crippen LogP contribution in [0.4, 0.5) is 18.9 Å². The van der Waals surface area contributed by atoms with Crippen molar-refractivity contribution in [2.24, 2.45) is 0 Å².